The number of ether oxygens (including phenoxy) is 5. The van der Waals surface area contributed by atoms with Crippen molar-refractivity contribution in [2.75, 3.05) is 11.3 Å². The average molecular weight is 485 g/mol. The third-order valence-electron chi connectivity index (χ3n) is 5.16. The summed E-state index contributed by atoms with van der Waals surface area (Å²) in [6.07, 6.45) is -2.47. The zero-order chi connectivity index (χ0) is 24.2. The number of carbonyl (C=O) groups excluding carboxylic acids is 1. The molecule has 3 fully saturated rings. The van der Waals surface area contributed by atoms with Gasteiger partial charge in [-0.15, -0.1) is 0 Å². The average Bonchev–Trinajstić information content (AvgIpc) is 3.17. The number of anilines is 1. The van der Waals surface area contributed by atoms with Crippen LogP contribution in [-0.2, 0) is 43.0 Å². The van der Waals surface area contributed by atoms with Gasteiger partial charge in [0.1, 0.15) is 12.2 Å². The summed E-state index contributed by atoms with van der Waals surface area (Å²) >= 11 is 0. The van der Waals surface area contributed by atoms with Gasteiger partial charge in [-0.3, -0.25) is 4.72 Å². The van der Waals surface area contributed by atoms with Gasteiger partial charge in [-0.2, -0.15) is 8.42 Å². The summed E-state index contributed by atoms with van der Waals surface area (Å²) in [5, 5.41) is 9.28. The zero-order valence-electron chi connectivity index (χ0n) is 18.2. The number of hydrogen-bond donors (Lipinski definition) is 2. The van der Waals surface area contributed by atoms with Crippen molar-refractivity contribution >= 4 is 27.9 Å². The summed E-state index contributed by atoms with van der Waals surface area (Å²) in [5.74, 6) is -5.19. The van der Waals surface area contributed by atoms with Crippen LogP contribution >= 0.6 is 0 Å². The maximum atomic E-state index is 12.7. The van der Waals surface area contributed by atoms with E-state index in [1.807, 2.05) is 4.72 Å². The van der Waals surface area contributed by atoms with Gasteiger partial charge in [-0.25, -0.2) is 9.59 Å². The summed E-state index contributed by atoms with van der Waals surface area (Å²) in [5.41, 5.74) is -0.596. The summed E-state index contributed by atoms with van der Waals surface area (Å²) in [6, 6.07) is 5.27. The Morgan fingerprint density at radius 1 is 1.15 bits per heavy atom. The van der Waals surface area contributed by atoms with Crippen LogP contribution in [0.3, 0.4) is 0 Å². The molecule has 4 atom stereocenters. The Morgan fingerprint density at radius 3 is 2.52 bits per heavy atom. The van der Waals surface area contributed by atoms with Crippen molar-refractivity contribution in [3.63, 3.8) is 0 Å². The van der Waals surface area contributed by atoms with Gasteiger partial charge in [0.15, 0.2) is 23.6 Å². The molecule has 0 aromatic heterocycles. The van der Waals surface area contributed by atoms with Crippen molar-refractivity contribution in [3.05, 3.63) is 35.6 Å². The number of rotatable bonds is 6. The third kappa shape index (κ3) is 4.36. The highest BCUT2D eigenvalue weighted by atomic mass is 32.2. The standard InChI is InChI=1S/C20H23NO11S/c1-18(2)28-13-10-27-20(16(15(13)29-18)30-19(3,4)32-20)14(9-22)31-33(25,26)21-12-8-6-5-7-11(12)17(23)24/h5-8,13,15-16,21H,10H2,1-4H3,(H,23,24)/t13-,15-,16+,20+/m1/s1. The van der Waals surface area contributed by atoms with Crippen LogP contribution in [0.15, 0.2) is 30.0 Å². The van der Waals surface area contributed by atoms with E-state index in [2.05, 4.69) is 0 Å². The van der Waals surface area contributed by atoms with Crippen LogP contribution in [0.1, 0.15) is 38.1 Å². The first kappa shape index (κ1) is 23.6. The van der Waals surface area contributed by atoms with E-state index >= 15 is 0 Å². The molecule has 1 aromatic rings. The van der Waals surface area contributed by atoms with Crippen LogP contribution < -0.4 is 4.72 Å². The fourth-order valence-electron chi connectivity index (χ4n) is 4.09. The number of para-hydroxylation sites is 1. The fourth-order valence-corrected chi connectivity index (χ4v) is 4.95. The lowest BCUT2D eigenvalue weighted by atomic mass is 9.96. The van der Waals surface area contributed by atoms with E-state index in [9.17, 15) is 23.1 Å². The molecule has 0 radical (unpaired) electrons. The topological polar surface area (TPSA) is 156 Å². The summed E-state index contributed by atoms with van der Waals surface area (Å²) in [7, 11) is -4.78. The number of hydrogen-bond acceptors (Lipinski definition) is 10. The van der Waals surface area contributed by atoms with Gasteiger partial charge in [0.05, 0.1) is 17.9 Å². The van der Waals surface area contributed by atoms with Gasteiger partial charge < -0.3 is 33.0 Å². The molecule has 12 nitrogen and oxygen atoms in total. The first-order valence-corrected chi connectivity index (χ1v) is 11.4. The number of fused-ring (bicyclic) bond motifs is 3. The quantitative estimate of drug-likeness (QED) is 0.440. The van der Waals surface area contributed by atoms with Crippen molar-refractivity contribution < 1.29 is 51.0 Å². The van der Waals surface area contributed by atoms with Crippen LogP contribution in [0.5, 0.6) is 0 Å². The minimum absolute atomic E-state index is 0.117. The Bertz CT molecular complexity index is 1120. The summed E-state index contributed by atoms with van der Waals surface area (Å²) in [4.78, 5) is 23.3. The number of carboxylic acids is 1. The summed E-state index contributed by atoms with van der Waals surface area (Å²) < 4.78 is 61.7. The molecule has 0 saturated carbocycles. The minimum Gasteiger partial charge on any atom is -0.478 e. The Balaban J connectivity index is 1.65. The molecule has 3 heterocycles. The second-order valence-corrected chi connectivity index (χ2v) is 9.86. The molecule has 1 aromatic carbocycles. The molecule has 2 N–H and O–H groups in total. The maximum Gasteiger partial charge on any atom is 0.408 e. The van der Waals surface area contributed by atoms with E-state index in [-0.39, 0.29) is 17.9 Å². The lowest BCUT2D eigenvalue weighted by molar-refractivity contribution is -0.269. The lowest BCUT2D eigenvalue weighted by Gasteiger charge is -2.39. The Labute approximate surface area is 189 Å². The number of carboxylic acid groups (broad SMARTS) is 1. The second-order valence-electron chi connectivity index (χ2n) is 8.58. The van der Waals surface area contributed by atoms with E-state index in [1.165, 1.54) is 30.2 Å². The van der Waals surface area contributed by atoms with Gasteiger partial charge in [-0.05, 0) is 39.8 Å². The molecular formula is C20H23NO11S. The molecule has 4 rings (SSSR count). The van der Waals surface area contributed by atoms with E-state index in [0.717, 1.165) is 0 Å². The number of benzene rings is 1. The van der Waals surface area contributed by atoms with Crippen LogP contribution in [0.4, 0.5) is 5.69 Å². The van der Waals surface area contributed by atoms with Crippen molar-refractivity contribution in [3.8, 4) is 0 Å². The predicted octanol–water partition coefficient (Wildman–Crippen LogP) is 1.17. The van der Waals surface area contributed by atoms with E-state index < -0.39 is 57.7 Å². The first-order valence-electron chi connectivity index (χ1n) is 9.95. The second kappa shape index (κ2) is 7.77. The first-order chi connectivity index (χ1) is 15.3. The van der Waals surface area contributed by atoms with Crippen LogP contribution in [0.25, 0.3) is 0 Å². The smallest absolute Gasteiger partial charge is 0.408 e. The van der Waals surface area contributed by atoms with Gasteiger partial charge in [0.2, 0.25) is 0 Å². The van der Waals surface area contributed by atoms with Crippen LogP contribution in [-0.4, -0.2) is 67.7 Å². The van der Waals surface area contributed by atoms with Crippen molar-refractivity contribution in [2.24, 2.45) is 0 Å². The fraction of sp³-hybridized carbons (Fsp3) is 0.550. The molecule has 13 heteroatoms. The van der Waals surface area contributed by atoms with Crippen molar-refractivity contribution in [1.82, 2.24) is 0 Å². The molecule has 3 aliphatic heterocycles. The maximum absolute atomic E-state index is 12.7. The molecular weight excluding hydrogens is 462 g/mol. The minimum atomic E-state index is -4.78. The van der Waals surface area contributed by atoms with Crippen molar-refractivity contribution in [1.29, 1.82) is 0 Å². The predicted molar refractivity (Wildman–Crippen MR) is 109 cm³/mol. The molecule has 3 saturated heterocycles. The highest BCUT2D eigenvalue weighted by Gasteiger charge is 2.69. The van der Waals surface area contributed by atoms with Crippen molar-refractivity contribution in [2.45, 2.75) is 63.4 Å². The molecule has 0 aliphatic carbocycles. The largest absolute Gasteiger partial charge is 0.478 e. The highest BCUT2D eigenvalue weighted by molar-refractivity contribution is 7.88. The number of aromatic carboxylic acids is 1. The normalized spacial score (nSPS) is 31.7. The molecule has 0 spiro atoms. The SMILES string of the molecule is CC1(C)O[C@@H]2[C@@H](CO[C@@]3(C(=C=O)OS(=O)(=O)Nc4ccccc4C(=O)O)OC(C)(C)O[C@@H]23)O1. The highest BCUT2D eigenvalue weighted by Crippen LogP contribution is 2.50. The van der Waals surface area contributed by atoms with E-state index in [1.54, 1.807) is 27.7 Å². The monoisotopic (exact) mass is 485 g/mol. The Hall–Kier alpha value is -2.51. The molecule has 33 heavy (non-hydrogen) atoms. The van der Waals surface area contributed by atoms with Gasteiger partial charge >= 0.3 is 16.3 Å². The molecule has 0 unspecified atom stereocenters. The van der Waals surface area contributed by atoms with Gasteiger partial charge in [0.25, 0.3) is 11.5 Å². The Morgan fingerprint density at radius 2 is 1.85 bits per heavy atom. The van der Waals surface area contributed by atoms with E-state index in [4.69, 9.17) is 27.9 Å². The zero-order valence-corrected chi connectivity index (χ0v) is 19.0. The molecule has 0 amide bonds. The molecule has 0 bridgehead atoms. The number of carbonyl (C=O) groups is 1. The Kier molecular flexibility index (Phi) is 5.57. The molecule has 3 aliphatic rings. The van der Waals surface area contributed by atoms with Crippen LogP contribution in [0.2, 0.25) is 0 Å². The summed E-state index contributed by atoms with van der Waals surface area (Å²) in [6.45, 7) is 6.35. The molecule has 180 valence electrons. The third-order valence-corrected chi connectivity index (χ3v) is 6.02. The lowest BCUT2D eigenvalue weighted by Crippen LogP contribution is -2.60. The van der Waals surface area contributed by atoms with Crippen LogP contribution in [0, 0.1) is 0 Å². The van der Waals surface area contributed by atoms with Gasteiger partial charge in [-0.1, -0.05) is 12.1 Å². The van der Waals surface area contributed by atoms with Gasteiger partial charge in [0, 0.05) is 0 Å². The number of nitrogens with one attached hydrogen (secondary N) is 1. The van der Waals surface area contributed by atoms with E-state index in [0.29, 0.717) is 0 Å².